The van der Waals surface area contributed by atoms with E-state index in [2.05, 4.69) is 6.08 Å². The number of benzene rings is 1. The third-order valence-corrected chi connectivity index (χ3v) is 4.46. The fourth-order valence-corrected chi connectivity index (χ4v) is 2.99. The van der Waals surface area contributed by atoms with E-state index in [-0.39, 0.29) is 12.5 Å². The minimum atomic E-state index is -0.540. The summed E-state index contributed by atoms with van der Waals surface area (Å²) in [4.78, 5) is 26.6. The lowest BCUT2D eigenvalue weighted by atomic mass is 10.0. The second-order valence-electron chi connectivity index (χ2n) is 6.31. The molecule has 0 aliphatic heterocycles. The molecule has 0 fully saturated rings. The van der Waals surface area contributed by atoms with Gasteiger partial charge in [0, 0.05) is 5.70 Å². The molecular weight excluding hydrogens is 346 g/mol. The highest BCUT2D eigenvalue weighted by atomic mass is 16.5. The first kappa shape index (κ1) is 18.8. The zero-order valence-corrected chi connectivity index (χ0v) is 15.3. The molecule has 0 unspecified atom stereocenters. The molecule has 0 spiro atoms. The summed E-state index contributed by atoms with van der Waals surface area (Å²) >= 11 is 0. The van der Waals surface area contributed by atoms with Gasteiger partial charge in [-0.3, -0.25) is 4.79 Å². The number of rotatable bonds is 7. The van der Waals surface area contributed by atoms with E-state index in [1.54, 1.807) is 48.6 Å². The molecule has 0 atom stereocenters. The van der Waals surface area contributed by atoms with Gasteiger partial charge in [0.25, 0.3) is 5.91 Å². The molecule has 1 aliphatic carbocycles. The van der Waals surface area contributed by atoms with Crippen LogP contribution in [0.1, 0.15) is 41.8 Å². The zero-order valence-electron chi connectivity index (χ0n) is 15.3. The highest BCUT2D eigenvalue weighted by Gasteiger charge is 2.22. The number of ether oxygens (including phenoxy) is 2. The molecule has 1 aliphatic rings. The number of methoxy groups -OCH3 is 1. The Bertz CT molecular complexity index is 792. The molecule has 0 N–H and O–H groups in total. The molecule has 142 valence electrons. The molecule has 6 heteroatoms. The van der Waals surface area contributed by atoms with Gasteiger partial charge in [0.05, 0.1) is 25.5 Å². The van der Waals surface area contributed by atoms with Crippen LogP contribution in [-0.2, 0) is 16.1 Å². The predicted molar refractivity (Wildman–Crippen MR) is 99.1 cm³/mol. The number of nitrogens with zero attached hydrogens (tertiary/aromatic N) is 1. The Balaban J connectivity index is 1.64. The molecule has 1 aromatic carbocycles. The van der Waals surface area contributed by atoms with E-state index in [1.165, 1.54) is 0 Å². The van der Waals surface area contributed by atoms with Crippen LogP contribution in [0.3, 0.4) is 0 Å². The first-order valence-corrected chi connectivity index (χ1v) is 9.00. The van der Waals surface area contributed by atoms with Gasteiger partial charge in [-0.1, -0.05) is 6.08 Å². The van der Waals surface area contributed by atoms with Crippen LogP contribution in [0, 0.1) is 0 Å². The van der Waals surface area contributed by atoms with Gasteiger partial charge in [-0.2, -0.15) is 0 Å². The number of carbonyl (C=O) groups excluding carboxylic acids is 2. The van der Waals surface area contributed by atoms with Gasteiger partial charge in [-0.15, -0.1) is 0 Å². The Morgan fingerprint density at radius 2 is 1.96 bits per heavy atom. The Morgan fingerprint density at radius 1 is 1.15 bits per heavy atom. The van der Waals surface area contributed by atoms with Crippen LogP contribution < -0.4 is 4.74 Å². The second kappa shape index (κ2) is 9.07. The Kier molecular flexibility index (Phi) is 6.30. The summed E-state index contributed by atoms with van der Waals surface area (Å²) in [6, 6.07) is 10.2. The molecule has 3 rings (SSSR count). The summed E-state index contributed by atoms with van der Waals surface area (Å²) in [5, 5.41) is 0. The van der Waals surface area contributed by atoms with Gasteiger partial charge >= 0.3 is 5.97 Å². The summed E-state index contributed by atoms with van der Waals surface area (Å²) in [5.41, 5.74) is 1.33. The lowest BCUT2D eigenvalue weighted by Gasteiger charge is -2.26. The van der Waals surface area contributed by atoms with Gasteiger partial charge in [0.1, 0.15) is 11.5 Å². The van der Waals surface area contributed by atoms with Crippen molar-refractivity contribution >= 4 is 11.9 Å². The maximum Gasteiger partial charge on any atom is 0.338 e. The lowest BCUT2D eigenvalue weighted by molar-refractivity contribution is -0.133. The van der Waals surface area contributed by atoms with Crippen molar-refractivity contribution in [1.82, 2.24) is 4.90 Å². The van der Waals surface area contributed by atoms with Gasteiger partial charge in [0.15, 0.2) is 6.61 Å². The van der Waals surface area contributed by atoms with Crippen molar-refractivity contribution in [2.24, 2.45) is 0 Å². The van der Waals surface area contributed by atoms with Crippen molar-refractivity contribution in [2.45, 2.75) is 32.2 Å². The summed E-state index contributed by atoms with van der Waals surface area (Å²) in [5.74, 6) is 0.538. The molecule has 1 amide bonds. The number of hydrogen-bond acceptors (Lipinski definition) is 5. The van der Waals surface area contributed by atoms with Crippen molar-refractivity contribution in [2.75, 3.05) is 13.7 Å². The maximum absolute atomic E-state index is 12.8. The van der Waals surface area contributed by atoms with Crippen LogP contribution in [0.25, 0.3) is 0 Å². The highest BCUT2D eigenvalue weighted by Crippen LogP contribution is 2.23. The van der Waals surface area contributed by atoms with E-state index in [0.717, 1.165) is 31.4 Å². The number of esters is 1. The van der Waals surface area contributed by atoms with Crippen molar-refractivity contribution in [3.63, 3.8) is 0 Å². The summed E-state index contributed by atoms with van der Waals surface area (Å²) in [7, 11) is 1.56. The quantitative estimate of drug-likeness (QED) is 0.692. The van der Waals surface area contributed by atoms with Gasteiger partial charge in [-0.05, 0) is 62.1 Å². The molecule has 6 nitrogen and oxygen atoms in total. The highest BCUT2D eigenvalue weighted by molar-refractivity contribution is 5.91. The van der Waals surface area contributed by atoms with Crippen LogP contribution in [0.15, 0.2) is 58.9 Å². The standard InChI is InChI=1S/C21H23NO5/c1-25-18-11-9-16(10-12-18)21(24)27-15-20(23)22(14-19-8-5-13-26-19)17-6-3-2-4-7-17/h5-6,8-13H,2-4,7,14-15H2,1H3. The molecule has 0 saturated heterocycles. The smallest absolute Gasteiger partial charge is 0.338 e. The van der Waals surface area contributed by atoms with Crippen LogP contribution in [0.2, 0.25) is 0 Å². The first-order valence-electron chi connectivity index (χ1n) is 9.00. The number of hydrogen-bond donors (Lipinski definition) is 0. The molecule has 0 bridgehead atoms. The Morgan fingerprint density at radius 3 is 2.59 bits per heavy atom. The van der Waals surface area contributed by atoms with Gasteiger partial charge < -0.3 is 18.8 Å². The van der Waals surface area contributed by atoms with Crippen LogP contribution >= 0.6 is 0 Å². The lowest BCUT2D eigenvalue weighted by Crippen LogP contribution is -2.34. The van der Waals surface area contributed by atoms with Crippen molar-refractivity contribution < 1.29 is 23.5 Å². The maximum atomic E-state index is 12.8. The average Bonchev–Trinajstić information content (AvgIpc) is 3.24. The van der Waals surface area contributed by atoms with E-state index >= 15 is 0 Å². The summed E-state index contributed by atoms with van der Waals surface area (Å²) in [6.07, 6.45) is 7.60. The molecule has 1 aromatic heterocycles. The van der Waals surface area contributed by atoms with E-state index in [4.69, 9.17) is 13.9 Å². The van der Waals surface area contributed by atoms with Crippen molar-refractivity contribution in [3.8, 4) is 5.75 Å². The minimum absolute atomic E-state index is 0.263. The Labute approximate surface area is 158 Å². The van der Waals surface area contributed by atoms with Crippen molar-refractivity contribution in [3.05, 3.63) is 65.8 Å². The topological polar surface area (TPSA) is 69.0 Å². The largest absolute Gasteiger partial charge is 0.497 e. The Hall–Kier alpha value is -3.02. The zero-order chi connectivity index (χ0) is 19.1. The number of carbonyl (C=O) groups is 2. The normalized spacial score (nSPS) is 13.6. The summed E-state index contributed by atoms with van der Waals surface area (Å²) in [6.45, 7) is 0.0145. The van der Waals surface area contributed by atoms with Crippen molar-refractivity contribution in [1.29, 1.82) is 0 Å². The average molecular weight is 369 g/mol. The molecule has 1 heterocycles. The van der Waals surface area contributed by atoms with E-state index in [9.17, 15) is 9.59 Å². The van der Waals surface area contributed by atoms with Gasteiger partial charge in [-0.25, -0.2) is 4.79 Å². The van der Waals surface area contributed by atoms with Gasteiger partial charge in [0.2, 0.25) is 0 Å². The number of allylic oxidation sites excluding steroid dienone is 2. The molecule has 0 saturated carbocycles. The first-order chi connectivity index (χ1) is 13.2. The molecule has 27 heavy (non-hydrogen) atoms. The fraction of sp³-hybridized carbons (Fsp3) is 0.333. The summed E-state index contributed by atoms with van der Waals surface area (Å²) < 4.78 is 15.7. The van der Waals surface area contributed by atoms with E-state index in [1.807, 2.05) is 6.07 Å². The van der Waals surface area contributed by atoms with Crippen LogP contribution in [0.4, 0.5) is 0 Å². The number of furan rings is 1. The SMILES string of the molecule is COc1ccc(C(=O)OCC(=O)N(Cc2ccco2)C2=CCCCC2)cc1. The van der Waals surface area contributed by atoms with E-state index in [0.29, 0.717) is 23.6 Å². The fourth-order valence-electron chi connectivity index (χ4n) is 2.99. The minimum Gasteiger partial charge on any atom is -0.497 e. The molecule has 0 radical (unpaired) electrons. The third-order valence-electron chi connectivity index (χ3n) is 4.46. The molecular formula is C21H23NO5. The van der Waals surface area contributed by atoms with Crippen LogP contribution in [-0.4, -0.2) is 30.5 Å². The molecule has 2 aromatic rings. The predicted octanol–water partition coefficient (Wildman–Crippen LogP) is 3.93. The van der Waals surface area contributed by atoms with Crippen LogP contribution in [0.5, 0.6) is 5.75 Å². The van der Waals surface area contributed by atoms with E-state index < -0.39 is 5.97 Å². The number of amides is 1. The second-order valence-corrected chi connectivity index (χ2v) is 6.31. The third kappa shape index (κ3) is 5.00. The monoisotopic (exact) mass is 369 g/mol.